The lowest BCUT2D eigenvalue weighted by Gasteiger charge is -2.33. The van der Waals surface area contributed by atoms with Crippen LogP contribution >= 0.6 is 0 Å². The molecule has 3 atom stereocenters. The topological polar surface area (TPSA) is 131 Å². The van der Waals surface area contributed by atoms with E-state index in [1.54, 1.807) is 60.7 Å². The summed E-state index contributed by atoms with van der Waals surface area (Å²) in [5.74, 6) is -1.36. The quantitative estimate of drug-likeness (QED) is 0.651. The van der Waals surface area contributed by atoms with Crippen LogP contribution in [0.2, 0.25) is 0 Å². The van der Waals surface area contributed by atoms with Gasteiger partial charge in [0.15, 0.2) is 18.3 Å². The van der Waals surface area contributed by atoms with Crippen LogP contribution in [0.1, 0.15) is 20.7 Å². The van der Waals surface area contributed by atoms with Crippen molar-refractivity contribution < 1.29 is 36.4 Å². The fourth-order valence-corrected chi connectivity index (χ4v) is 3.02. The Labute approximate surface area is 173 Å². The van der Waals surface area contributed by atoms with Gasteiger partial charge in [0.05, 0.1) is 17.4 Å². The van der Waals surface area contributed by atoms with Gasteiger partial charge in [-0.3, -0.25) is 4.18 Å². The molecule has 2 N–H and O–H groups in total. The van der Waals surface area contributed by atoms with Gasteiger partial charge in [0, 0.05) is 0 Å². The number of carbonyl (C=O) groups is 2. The lowest BCUT2D eigenvalue weighted by Crippen LogP contribution is -2.48. The molecule has 2 aromatic carbocycles. The van der Waals surface area contributed by atoms with Crippen LogP contribution in [0.3, 0.4) is 0 Å². The lowest BCUT2D eigenvalue weighted by atomic mass is 10.1. The average Bonchev–Trinajstić information content (AvgIpc) is 2.74. The maximum absolute atomic E-state index is 12.5. The van der Waals surface area contributed by atoms with Crippen molar-refractivity contribution >= 4 is 22.2 Å². The van der Waals surface area contributed by atoms with E-state index in [0.717, 1.165) is 0 Å². The Bertz CT molecular complexity index is 1010. The third-order valence-electron chi connectivity index (χ3n) is 4.11. The predicted molar refractivity (Wildman–Crippen MR) is 104 cm³/mol. The van der Waals surface area contributed by atoms with Crippen LogP contribution in [0.5, 0.6) is 0 Å². The molecule has 2 aromatic rings. The molecule has 0 saturated heterocycles. The second kappa shape index (κ2) is 9.53. The molecule has 0 bridgehead atoms. The second-order valence-electron chi connectivity index (χ2n) is 6.25. The Morgan fingerprint density at radius 3 is 1.97 bits per heavy atom. The predicted octanol–water partition coefficient (Wildman–Crippen LogP) is 1.57. The number of ether oxygens (including phenoxy) is 3. The summed E-state index contributed by atoms with van der Waals surface area (Å²) in [6, 6.07) is 16.4. The first-order valence-corrected chi connectivity index (χ1v) is 10.3. The summed E-state index contributed by atoms with van der Waals surface area (Å²) in [5, 5.41) is 4.87. The van der Waals surface area contributed by atoms with Gasteiger partial charge >= 0.3 is 22.2 Å². The minimum absolute atomic E-state index is 0.256. The normalized spacial score (nSPS) is 20.8. The minimum Gasteiger partial charge on any atom is -0.492 e. The van der Waals surface area contributed by atoms with Crippen molar-refractivity contribution in [2.24, 2.45) is 5.14 Å². The first kappa shape index (κ1) is 21.5. The molecule has 0 spiro atoms. The molecular formula is C20H19NO8S. The van der Waals surface area contributed by atoms with Crippen molar-refractivity contribution in [3.63, 3.8) is 0 Å². The van der Waals surface area contributed by atoms with E-state index < -0.39 is 47.2 Å². The van der Waals surface area contributed by atoms with Gasteiger partial charge in [0.2, 0.25) is 0 Å². The van der Waals surface area contributed by atoms with Gasteiger partial charge in [-0.15, -0.1) is 0 Å². The zero-order valence-corrected chi connectivity index (χ0v) is 16.4. The lowest BCUT2D eigenvalue weighted by molar-refractivity contribution is -0.0927. The highest BCUT2D eigenvalue weighted by Crippen LogP contribution is 2.22. The van der Waals surface area contributed by atoms with E-state index in [1.807, 2.05) is 0 Å². The van der Waals surface area contributed by atoms with Gasteiger partial charge in [-0.2, -0.15) is 8.42 Å². The van der Waals surface area contributed by atoms with Crippen LogP contribution < -0.4 is 5.14 Å². The number of carbonyl (C=O) groups excluding carboxylic acids is 2. The number of hydrogen-bond donors (Lipinski definition) is 1. The molecule has 1 aliphatic rings. The van der Waals surface area contributed by atoms with E-state index in [1.165, 1.54) is 12.3 Å². The molecule has 30 heavy (non-hydrogen) atoms. The summed E-state index contributed by atoms with van der Waals surface area (Å²) in [7, 11) is -4.26. The van der Waals surface area contributed by atoms with Crippen LogP contribution in [0, 0.1) is 0 Å². The van der Waals surface area contributed by atoms with Gasteiger partial charge in [0.25, 0.3) is 0 Å². The molecule has 9 nitrogen and oxygen atoms in total. The molecule has 10 heteroatoms. The van der Waals surface area contributed by atoms with Crippen molar-refractivity contribution in [3.05, 3.63) is 84.1 Å². The molecule has 158 valence electrons. The highest BCUT2D eigenvalue weighted by molar-refractivity contribution is 7.84. The van der Waals surface area contributed by atoms with E-state index in [2.05, 4.69) is 4.18 Å². The molecular weight excluding hydrogens is 414 g/mol. The molecule has 0 aromatic heterocycles. The molecule has 1 heterocycles. The Hall–Kier alpha value is -3.21. The van der Waals surface area contributed by atoms with Crippen LogP contribution in [-0.2, 0) is 28.7 Å². The molecule has 1 aliphatic heterocycles. The van der Waals surface area contributed by atoms with E-state index >= 15 is 0 Å². The molecule has 0 unspecified atom stereocenters. The number of hydrogen-bond acceptors (Lipinski definition) is 8. The van der Waals surface area contributed by atoms with Gasteiger partial charge in [0.1, 0.15) is 6.61 Å². The standard InChI is InChI=1S/C20H19NO8S/c21-30(24,25)27-13-17-18(29-20(23)15-9-5-2-6-10-15)16(11-12-26-17)28-19(22)14-7-3-1-4-8-14/h1-12,16-18H,13H2,(H2,21,24,25)/t16-,17-,18+/m1/s1. The molecule has 0 radical (unpaired) electrons. The molecule has 0 aliphatic carbocycles. The number of rotatable bonds is 7. The number of benzene rings is 2. The Kier molecular flexibility index (Phi) is 6.83. The summed E-state index contributed by atoms with van der Waals surface area (Å²) >= 11 is 0. The summed E-state index contributed by atoms with van der Waals surface area (Å²) in [5.41, 5.74) is 0.550. The number of esters is 2. The zero-order chi connectivity index (χ0) is 21.6. The fourth-order valence-electron chi connectivity index (χ4n) is 2.70. The molecule has 0 fully saturated rings. The van der Waals surface area contributed by atoms with Crippen molar-refractivity contribution in [1.29, 1.82) is 0 Å². The maximum Gasteiger partial charge on any atom is 0.338 e. The Balaban J connectivity index is 1.80. The molecule has 3 rings (SSSR count). The first-order chi connectivity index (χ1) is 14.3. The van der Waals surface area contributed by atoms with Gasteiger partial charge in [-0.25, -0.2) is 14.7 Å². The number of nitrogens with two attached hydrogens (primary N) is 1. The van der Waals surface area contributed by atoms with E-state index in [9.17, 15) is 18.0 Å². The highest BCUT2D eigenvalue weighted by Gasteiger charge is 2.39. The summed E-state index contributed by atoms with van der Waals surface area (Å²) in [4.78, 5) is 25.0. The summed E-state index contributed by atoms with van der Waals surface area (Å²) < 4.78 is 43.2. The highest BCUT2D eigenvalue weighted by atomic mass is 32.2. The molecule has 0 amide bonds. The average molecular weight is 433 g/mol. The van der Waals surface area contributed by atoms with Crippen LogP contribution in [0.4, 0.5) is 0 Å². The van der Waals surface area contributed by atoms with Crippen LogP contribution in [-0.4, -0.2) is 45.3 Å². The summed E-state index contributed by atoms with van der Waals surface area (Å²) in [6.45, 7) is -0.546. The van der Waals surface area contributed by atoms with Crippen molar-refractivity contribution in [2.45, 2.75) is 18.3 Å². The van der Waals surface area contributed by atoms with Crippen molar-refractivity contribution in [3.8, 4) is 0 Å². The monoisotopic (exact) mass is 433 g/mol. The molecule has 0 saturated carbocycles. The first-order valence-electron chi connectivity index (χ1n) is 8.85. The van der Waals surface area contributed by atoms with E-state index in [-0.39, 0.29) is 5.56 Å². The Morgan fingerprint density at radius 1 is 0.900 bits per heavy atom. The van der Waals surface area contributed by atoms with Gasteiger partial charge in [-0.1, -0.05) is 36.4 Å². The van der Waals surface area contributed by atoms with Crippen molar-refractivity contribution in [2.75, 3.05) is 6.61 Å². The third-order valence-corrected chi connectivity index (χ3v) is 4.58. The summed E-state index contributed by atoms with van der Waals surface area (Å²) in [6.07, 6.45) is -0.718. The van der Waals surface area contributed by atoms with Crippen LogP contribution in [0.15, 0.2) is 73.0 Å². The maximum atomic E-state index is 12.5. The minimum atomic E-state index is -4.26. The Morgan fingerprint density at radius 2 is 1.43 bits per heavy atom. The van der Waals surface area contributed by atoms with Gasteiger partial charge in [-0.05, 0) is 30.3 Å². The second-order valence-corrected chi connectivity index (χ2v) is 7.47. The smallest absolute Gasteiger partial charge is 0.338 e. The van der Waals surface area contributed by atoms with E-state index in [4.69, 9.17) is 19.3 Å². The van der Waals surface area contributed by atoms with Gasteiger partial charge < -0.3 is 14.2 Å². The SMILES string of the molecule is NS(=O)(=O)OC[C@H]1OC=C[C@@H](OC(=O)c2ccccc2)[C@@H]1OC(=O)c1ccccc1. The fraction of sp³-hybridized carbons (Fsp3) is 0.200. The van der Waals surface area contributed by atoms with E-state index in [0.29, 0.717) is 5.56 Å². The largest absolute Gasteiger partial charge is 0.492 e. The zero-order valence-electron chi connectivity index (χ0n) is 15.6. The van der Waals surface area contributed by atoms with Crippen LogP contribution in [0.25, 0.3) is 0 Å². The van der Waals surface area contributed by atoms with Crippen molar-refractivity contribution in [1.82, 2.24) is 0 Å². The third kappa shape index (κ3) is 5.89.